The zero-order chi connectivity index (χ0) is 13.8. The Bertz CT molecular complexity index is 498. The number of ether oxygens (including phenoxy) is 1. The summed E-state index contributed by atoms with van der Waals surface area (Å²) < 4.78 is 4.87. The van der Waals surface area contributed by atoms with Crippen LogP contribution in [0.2, 0.25) is 0 Å². The highest BCUT2D eigenvalue weighted by Crippen LogP contribution is 2.28. The molecule has 6 heteroatoms. The van der Waals surface area contributed by atoms with Gasteiger partial charge in [0.05, 0.1) is 18.7 Å². The zero-order valence-corrected chi connectivity index (χ0v) is 11.6. The molecule has 1 aromatic heterocycles. The second-order valence-electron chi connectivity index (χ2n) is 4.31. The molecule has 1 unspecified atom stereocenters. The number of thiazole rings is 1. The fraction of sp³-hybridized carbons (Fsp3) is 0.462. The molecule has 5 nitrogen and oxygen atoms in total. The quantitative estimate of drug-likeness (QED) is 0.609. The average molecular weight is 280 g/mol. The van der Waals surface area contributed by atoms with Crippen molar-refractivity contribution in [1.29, 1.82) is 0 Å². The van der Waals surface area contributed by atoms with Crippen LogP contribution in [-0.2, 0) is 20.7 Å². The van der Waals surface area contributed by atoms with Gasteiger partial charge in [0.15, 0.2) is 5.13 Å². The first kappa shape index (κ1) is 13.7. The SMILES string of the molecule is C=CC1CC(=O)N(c2nc(CC(=O)OCC)cs2)C1. The van der Waals surface area contributed by atoms with Gasteiger partial charge in [-0.1, -0.05) is 6.08 Å². The lowest BCUT2D eigenvalue weighted by atomic mass is 10.1. The lowest BCUT2D eigenvalue weighted by molar-refractivity contribution is -0.142. The summed E-state index contributed by atoms with van der Waals surface area (Å²) in [4.78, 5) is 29.2. The van der Waals surface area contributed by atoms with E-state index >= 15 is 0 Å². The van der Waals surface area contributed by atoms with Crippen molar-refractivity contribution in [3.8, 4) is 0 Å². The average Bonchev–Trinajstić information content (AvgIpc) is 2.96. The summed E-state index contributed by atoms with van der Waals surface area (Å²) in [5, 5.41) is 2.44. The standard InChI is InChI=1S/C13H16N2O3S/c1-3-9-5-11(16)15(7-9)13-14-10(8-19-13)6-12(17)18-4-2/h3,8-9H,1,4-7H2,2H3. The molecule has 19 heavy (non-hydrogen) atoms. The van der Waals surface area contributed by atoms with Crippen molar-refractivity contribution in [3.63, 3.8) is 0 Å². The molecular weight excluding hydrogens is 264 g/mol. The molecule has 1 saturated heterocycles. The molecule has 0 bridgehead atoms. The van der Waals surface area contributed by atoms with Gasteiger partial charge in [0.2, 0.25) is 5.91 Å². The number of amides is 1. The fourth-order valence-electron chi connectivity index (χ4n) is 1.94. The maximum Gasteiger partial charge on any atom is 0.311 e. The predicted octanol–water partition coefficient (Wildman–Crippen LogP) is 1.79. The predicted molar refractivity (Wildman–Crippen MR) is 73.1 cm³/mol. The first-order chi connectivity index (χ1) is 9.13. The van der Waals surface area contributed by atoms with Crippen molar-refractivity contribution < 1.29 is 14.3 Å². The molecule has 0 aliphatic carbocycles. The van der Waals surface area contributed by atoms with Gasteiger partial charge in [-0.05, 0) is 6.92 Å². The van der Waals surface area contributed by atoms with Crippen LogP contribution >= 0.6 is 11.3 Å². The lowest BCUT2D eigenvalue weighted by Crippen LogP contribution is -2.24. The molecule has 1 amide bonds. The second-order valence-corrected chi connectivity index (χ2v) is 5.14. The summed E-state index contributed by atoms with van der Waals surface area (Å²) in [6.07, 6.45) is 2.43. The molecular formula is C13H16N2O3S. The van der Waals surface area contributed by atoms with Gasteiger partial charge in [0.25, 0.3) is 0 Å². The van der Waals surface area contributed by atoms with E-state index in [0.29, 0.717) is 30.4 Å². The van der Waals surface area contributed by atoms with E-state index in [4.69, 9.17) is 4.74 Å². The maximum atomic E-state index is 11.8. The van der Waals surface area contributed by atoms with E-state index in [1.165, 1.54) is 11.3 Å². The van der Waals surface area contributed by atoms with Crippen molar-refractivity contribution in [2.75, 3.05) is 18.1 Å². The second kappa shape index (κ2) is 5.97. The fourth-order valence-corrected chi connectivity index (χ4v) is 2.79. The Morgan fingerprint density at radius 3 is 3.16 bits per heavy atom. The van der Waals surface area contributed by atoms with Crippen LogP contribution in [-0.4, -0.2) is 30.0 Å². The van der Waals surface area contributed by atoms with Crippen molar-refractivity contribution in [2.45, 2.75) is 19.8 Å². The van der Waals surface area contributed by atoms with Crippen LogP contribution in [0.1, 0.15) is 19.0 Å². The summed E-state index contributed by atoms with van der Waals surface area (Å²) >= 11 is 1.38. The van der Waals surface area contributed by atoms with Crippen LogP contribution in [0.5, 0.6) is 0 Å². The van der Waals surface area contributed by atoms with Crippen molar-refractivity contribution in [3.05, 3.63) is 23.7 Å². The Morgan fingerprint density at radius 1 is 1.74 bits per heavy atom. The van der Waals surface area contributed by atoms with Gasteiger partial charge in [-0.25, -0.2) is 4.98 Å². The molecule has 2 rings (SSSR count). The molecule has 102 valence electrons. The highest BCUT2D eigenvalue weighted by Gasteiger charge is 2.30. The molecule has 1 aliphatic heterocycles. The summed E-state index contributed by atoms with van der Waals surface area (Å²) in [5.74, 6) is -0.0529. The Morgan fingerprint density at radius 2 is 2.53 bits per heavy atom. The summed E-state index contributed by atoms with van der Waals surface area (Å²) in [5.41, 5.74) is 0.647. The highest BCUT2D eigenvalue weighted by molar-refractivity contribution is 7.14. The van der Waals surface area contributed by atoms with Crippen LogP contribution in [0.15, 0.2) is 18.0 Å². The summed E-state index contributed by atoms with van der Waals surface area (Å²) in [7, 11) is 0. The largest absolute Gasteiger partial charge is 0.466 e. The maximum absolute atomic E-state index is 11.8. The summed E-state index contributed by atoms with van der Waals surface area (Å²) in [6, 6.07) is 0. The number of nitrogens with zero attached hydrogens (tertiary/aromatic N) is 2. The number of rotatable bonds is 5. The highest BCUT2D eigenvalue weighted by atomic mass is 32.1. The van der Waals surface area contributed by atoms with Crippen molar-refractivity contribution in [2.24, 2.45) is 5.92 Å². The van der Waals surface area contributed by atoms with E-state index in [9.17, 15) is 9.59 Å². The molecule has 0 saturated carbocycles. The van der Waals surface area contributed by atoms with E-state index in [0.717, 1.165) is 0 Å². The molecule has 0 radical (unpaired) electrons. The summed E-state index contributed by atoms with van der Waals surface area (Å²) in [6.45, 7) is 6.46. The number of anilines is 1. The number of carbonyl (C=O) groups is 2. The molecule has 0 spiro atoms. The van der Waals surface area contributed by atoms with E-state index in [-0.39, 0.29) is 24.2 Å². The van der Waals surface area contributed by atoms with Crippen molar-refractivity contribution in [1.82, 2.24) is 4.98 Å². The van der Waals surface area contributed by atoms with Gasteiger partial charge in [0.1, 0.15) is 0 Å². The molecule has 1 aliphatic rings. The normalized spacial score (nSPS) is 18.7. The number of hydrogen-bond acceptors (Lipinski definition) is 5. The van der Waals surface area contributed by atoms with Crippen molar-refractivity contribution >= 4 is 28.3 Å². The van der Waals surface area contributed by atoms with E-state index in [2.05, 4.69) is 11.6 Å². The zero-order valence-electron chi connectivity index (χ0n) is 10.8. The topological polar surface area (TPSA) is 59.5 Å². The van der Waals surface area contributed by atoms with Crippen LogP contribution in [0, 0.1) is 5.92 Å². The van der Waals surface area contributed by atoms with Crippen LogP contribution in [0.25, 0.3) is 0 Å². The first-order valence-corrected chi connectivity index (χ1v) is 7.05. The smallest absolute Gasteiger partial charge is 0.311 e. The molecule has 0 N–H and O–H groups in total. The van der Waals surface area contributed by atoms with Crippen LogP contribution in [0.4, 0.5) is 5.13 Å². The minimum atomic E-state index is -0.295. The third kappa shape index (κ3) is 3.20. The first-order valence-electron chi connectivity index (χ1n) is 6.17. The Labute approximate surface area is 115 Å². The third-order valence-electron chi connectivity index (χ3n) is 2.89. The van der Waals surface area contributed by atoms with Gasteiger partial charge >= 0.3 is 5.97 Å². The number of hydrogen-bond donors (Lipinski definition) is 0. The van der Waals surface area contributed by atoms with Gasteiger partial charge < -0.3 is 4.74 Å². The Kier molecular flexibility index (Phi) is 4.31. The molecule has 2 heterocycles. The number of carbonyl (C=O) groups excluding carboxylic acids is 2. The van der Waals surface area contributed by atoms with Crippen LogP contribution in [0.3, 0.4) is 0 Å². The monoisotopic (exact) mass is 280 g/mol. The third-order valence-corrected chi connectivity index (χ3v) is 3.80. The molecule has 1 fully saturated rings. The van der Waals surface area contributed by atoms with E-state index in [1.807, 2.05) is 0 Å². The van der Waals surface area contributed by atoms with Gasteiger partial charge in [-0.2, -0.15) is 0 Å². The minimum Gasteiger partial charge on any atom is -0.466 e. The van der Waals surface area contributed by atoms with E-state index < -0.39 is 0 Å². The van der Waals surface area contributed by atoms with Gasteiger partial charge in [0, 0.05) is 24.3 Å². The number of esters is 1. The Balaban J connectivity index is 2.03. The van der Waals surface area contributed by atoms with Crippen LogP contribution < -0.4 is 4.90 Å². The van der Waals surface area contributed by atoms with Gasteiger partial charge in [-0.15, -0.1) is 17.9 Å². The number of aromatic nitrogens is 1. The minimum absolute atomic E-state index is 0.0573. The molecule has 1 aromatic rings. The lowest BCUT2D eigenvalue weighted by Gasteiger charge is -2.11. The molecule has 0 aromatic carbocycles. The van der Waals surface area contributed by atoms with Gasteiger partial charge in [-0.3, -0.25) is 14.5 Å². The van der Waals surface area contributed by atoms with E-state index in [1.54, 1.807) is 23.3 Å². The Hall–Kier alpha value is -1.69. The molecule has 1 atom stereocenters.